The zero-order valence-electron chi connectivity index (χ0n) is 12.9. The maximum Gasteiger partial charge on any atom is 0.246 e. The van der Waals surface area contributed by atoms with Crippen LogP contribution in [0.5, 0.6) is 0 Å². The number of ether oxygens (including phenoxy) is 2. The summed E-state index contributed by atoms with van der Waals surface area (Å²) in [5, 5.41) is 7.58. The molecule has 3 unspecified atom stereocenters. The van der Waals surface area contributed by atoms with Crippen molar-refractivity contribution in [3.8, 4) is 0 Å². The minimum Gasteiger partial charge on any atom is -0.378 e. The normalized spacial score (nSPS) is 34.0. The number of nitrogens with one attached hydrogen (secondary N) is 1. The molecule has 118 valence electrons. The Bertz CT molecular complexity index is 455. The average Bonchev–Trinajstić information content (AvgIpc) is 2.99. The number of aromatic nitrogens is 2. The summed E-state index contributed by atoms with van der Waals surface area (Å²) < 4.78 is 17.0. The SMILES string of the molecule is CCOC1(c2noc(C3COCCN3)n2)CCCC(C)C1. The molecule has 6 heteroatoms. The zero-order chi connectivity index (χ0) is 14.7. The second kappa shape index (κ2) is 6.42. The molecule has 1 N–H and O–H groups in total. The predicted octanol–water partition coefficient (Wildman–Crippen LogP) is 2.17. The minimum atomic E-state index is -0.371. The zero-order valence-corrected chi connectivity index (χ0v) is 12.9. The third-order valence-corrected chi connectivity index (χ3v) is 4.45. The van der Waals surface area contributed by atoms with E-state index in [-0.39, 0.29) is 11.6 Å². The largest absolute Gasteiger partial charge is 0.378 e. The molecule has 0 bridgehead atoms. The lowest BCUT2D eigenvalue weighted by molar-refractivity contribution is -0.0891. The molecule has 3 atom stereocenters. The van der Waals surface area contributed by atoms with Crippen LogP contribution in [0.2, 0.25) is 0 Å². The van der Waals surface area contributed by atoms with Crippen LogP contribution in [-0.4, -0.2) is 36.5 Å². The Morgan fingerprint density at radius 1 is 1.48 bits per heavy atom. The van der Waals surface area contributed by atoms with Crippen LogP contribution in [0.4, 0.5) is 0 Å². The second-order valence-corrected chi connectivity index (χ2v) is 6.17. The molecular weight excluding hydrogens is 270 g/mol. The first-order valence-corrected chi connectivity index (χ1v) is 8.02. The van der Waals surface area contributed by atoms with Crippen LogP contribution in [0, 0.1) is 5.92 Å². The van der Waals surface area contributed by atoms with Gasteiger partial charge in [-0.05, 0) is 32.1 Å². The van der Waals surface area contributed by atoms with Crippen molar-refractivity contribution in [3.05, 3.63) is 11.7 Å². The molecule has 1 aliphatic carbocycles. The van der Waals surface area contributed by atoms with E-state index in [1.165, 1.54) is 6.42 Å². The van der Waals surface area contributed by atoms with E-state index in [0.29, 0.717) is 30.8 Å². The van der Waals surface area contributed by atoms with Gasteiger partial charge in [0.25, 0.3) is 0 Å². The monoisotopic (exact) mass is 295 g/mol. The lowest BCUT2D eigenvalue weighted by atomic mass is 9.78. The molecule has 3 rings (SSSR count). The summed E-state index contributed by atoms with van der Waals surface area (Å²) in [4.78, 5) is 4.64. The van der Waals surface area contributed by atoms with E-state index in [9.17, 15) is 0 Å². The van der Waals surface area contributed by atoms with Crippen LogP contribution in [-0.2, 0) is 15.1 Å². The van der Waals surface area contributed by atoms with E-state index in [4.69, 9.17) is 14.0 Å². The van der Waals surface area contributed by atoms with Gasteiger partial charge in [-0.25, -0.2) is 0 Å². The third-order valence-electron chi connectivity index (χ3n) is 4.45. The lowest BCUT2D eigenvalue weighted by Crippen LogP contribution is -2.37. The molecule has 1 aromatic heterocycles. The van der Waals surface area contributed by atoms with Crippen molar-refractivity contribution in [2.45, 2.75) is 51.2 Å². The summed E-state index contributed by atoms with van der Waals surface area (Å²) in [6.07, 6.45) is 4.33. The third kappa shape index (κ3) is 3.12. The molecule has 2 fully saturated rings. The van der Waals surface area contributed by atoms with Gasteiger partial charge in [-0.2, -0.15) is 4.98 Å². The fraction of sp³-hybridized carbons (Fsp3) is 0.867. The summed E-state index contributed by atoms with van der Waals surface area (Å²) in [5.41, 5.74) is -0.371. The van der Waals surface area contributed by atoms with Gasteiger partial charge in [0, 0.05) is 13.2 Å². The summed E-state index contributed by atoms with van der Waals surface area (Å²) >= 11 is 0. The predicted molar refractivity (Wildman–Crippen MR) is 76.8 cm³/mol. The Morgan fingerprint density at radius 2 is 2.38 bits per heavy atom. The van der Waals surface area contributed by atoms with Gasteiger partial charge in [0.05, 0.1) is 13.2 Å². The molecule has 21 heavy (non-hydrogen) atoms. The topological polar surface area (TPSA) is 69.4 Å². The Labute approximate surface area is 125 Å². The quantitative estimate of drug-likeness (QED) is 0.918. The first-order chi connectivity index (χ1) is 10.2. The Balaban J connectivity index is 1.81. The number of hydrogen-bond donors (Lipinski definition) is 1. The van der Waals surface area contributed by atoms with Crippen LogP contribution in [0.3, 0.4) is 0 Å². The van der Waals surface area contributed by atoms with Gasteiger partial charge in [0.15, 0.2) is 0 Å². The van der Waals surface area contributed by atoms with Crippen molar-refractivity contribution in [3.63, 3.8) is 0 Å². The van der Waals surface area contributed by atoms with Crippen molar-refractivity contribution in [2.75, 3.05) is 26.4 Å². The molecule has 1 saturated carbocycles. The molecule has 1 aliphatic heterocycles. The van der Waals surface area contributed by atoms with Gasteiger partial charge in [0.2, 0.25) is 11.7 Å². The average molecular weight is 295 g/mol. The van der Waals surface area contributed by atoms with Gasteiger partial charge >= 0.3 is 0 Å². The smallest absolute Gasteiger partial charge is 0.246 e. The maximum absolute atomic E-state index is 6.09. The van der Waals surface area contributed by atoms with Gasteiger partial charge in [0.1, 0.15) is 11.6 Å². The number of morpholine rings is 1. The highest BCUT2D eigenvalue weighted by Gasteiger charge is 2.42. The van der Waals surface area contributed by atoms with E-state index in [1.807, 2.05) is 6.92 Å². The highest BCUT2D eigenvalue weighted by Crippen LogP contribution is 2.41. The molecular formula is C15H25N3O3. The fourth-order valence-electron chi connectivity index (χ4n) is 3.46. The van der Waals surface area contributed by atoms with E-state index < -0.39 is 0 Å². The first-order valence-electron chi connectivity index (χ1n) is 8.02. The molecule has 6 nitrogen and oxygen atoms in total. The Kier molecular flexibility index (Phi) is 4.57. The van der Waals surface area contributed by atoms with Gasteiger partial charge in [-0.3, -0.25) is 0 Å². The lowest BCUT2D eigenvalue weighted by Gasteiger charge is -2.37. The summed E-state index contributed by atoms with van der Waals surface area (Å²) in [6.45, 7) is 7.10. The fourth-order valence-corrected chi connectivity index (χ4v) is 3.46. The molecule has 2 aliphatic rings. The van der Waals surface area contributed by atoms with Crippen LogP contribution >= 0.6 is 0 Å². The molecule has 0 amide bonds. The van der Waals surface area contributed by atoms with Crippen LogP contribution in [0.15, 0.2) is 4.52 Å². The van der Waals surface area contributed by atoms with Crippen molar-refractivity contribution < 1.29 is 14.0 Å². The number of rotatable bonds is 4. The van der Waals surface area contributed by atoms with Gasteiger partial charge in [-0.1, -0.05) is 18.5 Å². The Morgan fingerprint density at radius 3 is 3.10 bits per heavy atom. The van der Waals surface area contributed by atoms with Crippen LogP contribution < -0.4 is 5.32 Å². The van der Waals surface area contributed by atoms with Crippen molar-refractivity contribution in [1.82, 2.24) is 15.5 Å². The van der Waals surface area contributed by atoms with Crippen molar-refractivity contribution in [2.24, 2.45) is 5.92 Å². The highest BCUT2D eigenvalue weighted by atomic mass is 16.5. The summed E-state index contributed by atoms with van der Waals surface area (Å²) in [6, 6.07) is -0.000287. The molecule has 0 spiro atoms. The van der Waals surface area contributed by atoms with E-state index in [2.05, 4.69) is 22.4 Å². The molecule has 1 saturated heterocycles. The Hall–Kier alpha value is -0.980. The van der Waals surface area contributed by atoms with Crippen molar-refractivity contribution >= 4 is 0 Å². The van der Waals surface area contributed by atoms with Gasteiger partial charge < -0.3 is 19.3 Å². The molecule has 2 heterocycles. The van der Waals surface area contributed by atoms with E-state index in [1.54, 1.807) is 0 Å². The van der Waals surface area contributed by atoms with E-state index in [0.717, 1.165) is 32.4 Å². The highest BCUT2D eigenvalue weighted by molar-refractivity contribution is 5.06. The standard InChI is InChI=1S/C15H25N3O3/c1-3-20-15(6-4-5-11(2)9-15)14-17-13(21-18-14)12-10-19-8-7-16-12/h11-12,16H,3-10H2,1-2H3. The molecule has 1 aromatic rings. The minimum absolute atomic E-state index is 0.000287. The summed E-state index contributed by atoms with van der Waals surface area (Å²) in [7, 11) is 0. The number of nitrogens with zero attached hydrogens (tertiary/aromatic N) is 2. The van der Waals surface area contributed by atoms with Crippen molar-refractivity contribution in [1.29, 1.82) is 0 Å². The second-order valence-electron chi connectivity index (χ2n) is 6.17. The maximum atomic E-state index is 6.09. The van der Waals surface area contributed by atoms with Crippen LogP contribution in [0.25, 0.3) is 0 Å². The summed E-state index contributed by atoms with van der Waals surface area (Å²) in [5.74, 6) is 1.95. The van der Waals surface area contributed by atoms with Crippen LogP contribution in [0.1, 0.15) is 57.3 Å². The van der Waals surface area contributed by atoms with E-state index >= 15 is 0 Å². The molecule has 0 aromatic carbocycles. The first kappa shape index (κ1) is 14.9. The number of hydrogen-bond acceptors (Lipinski definition) is 6. The molecule has 0 radical (unpaired) electrons. The van der Waals surface area contributed by atoms with Gasteiger partial charge in [-0.15, -0.1) is 0 Å².